The van der Waals surface area contributed by atoms with Crippen LogP contribution in [-0.2, 0) is 4.79 Å². The van der Waals surface area contributed by atoms with Crippen molar-refractivity contribution in [3.05, 3.63) is 58.7 Å². The predicted octanol–water partition coefficient (Wildman–Crippen LogP) is 4.87. The maximum atomic E-state index is 13.6. The van der Waals surface area contributed by atoms with E-state index in [2.05, 4.69) is 43.9 Å². The Kier molecular flexibility index (Phi) is 7.03. The quantitative estimate of drug-likeness (QED) is 0.631. The van der Waals surface area contributed by atoms with Crippen molar-refractivity contribution < 1.29 is 14.3 Å². The van der Waals surface area contributed by atoms with Crippen molar-refractivity contribution in [2.45, 2.75) is 58.5 Å². The number of hydrogen-bond donors (Lipinski definition) is 0. The molecule has 33 heavy (non-hydrogen) atoms. The van der Waals surface area contributed by atoms with Crippen molar-refractivity contribution in [2.24, 2.45) is 5.10 Å². The maximum Gasteiger partial charge on any atom is 0.257 e. The fraction of sp³-hybridized carbons (Fsp3) is 0.481. The van der Waals surface area contributed by atoms with Crippen LogP contribution in [-0.4, -0.2) is 54.9 Å². The Morgan fingerprint density at radius 2 is 1.88 bits per heavy atom. The number of carbonyl (C=O) groups excluding carboxylic acids is 1. The highest BCUT2D eigenvalue weighted by atomic mass is 16.5. The number of carbonyl (C=O) groups is 1. The van der Waals surface area contributed by atoms with Crippen LogP contribution in [0.4, 0.5) is 0 Å². The Hall–Kier alpha value is -2.86. The van der Waals surface area contributed by atoms with Crippen LogP contribution < -0.4 is 9.47 Å². The minimum absolute atomic E-state index is 0.0328. The molecule has 2 heterocycles. The number of nitrogens with zero attached hydrogens (tertiary/aromatic N) is 3. The molecule has 0 aromatic heterocycles. The summed E-state index contributed by atoms with van der Waals surface area (Å²) in [4.78, 5) is 15.9. The number of piperidine rings is 1. The Bertz CT molecular complexity index is 1050. The summed E-state index contributed by atoms with van der Waals surface area (Å²) in [5.74, 6) is 1.47. The van der Waals surface area contributed by atoms with Crippen molar-refractivity contribution in [2.75, 3.05) is 27.3 Å². The largest absolute Gasteiger partial charge is 0.497 e. The van der Waals surface area contributed by atoms with Gasteiger partial charge in [-0.1, -0.05) is 18.6 Å². The van der Waals surface area contributed by atoms with Gasteiger partial charge in [-0.2, -0.15) is 5.10 Å². The summed E-state index contributed by atoms with van der Waals surface area (Å²) in [7, 11) is 3.29. The summed E-state index contributed by atoms with van der Waals surface area (Å²) < 4.78 is 11.1. The van der Waals surface area contributed by atoms with E-state index in [1.54, 1.807) is 19.2 Å². The Morgan fingerprint density at radius 1 is 1.06 bits per heavy atom. The number of hydrogen-bond acceptors (Lipinski definition) is 5. The van der Waals surface area contributed by atoms with Gasteiger partial charge in [0.15, 0.2) is 0 Å². The van der Waals surface area contributed by atoms with Crippen molar-refractivity contribution in [1.29, 1.82) is 0 Å². The molecule has 0 bridgehead atoms. The molecule has 176 valence electrons. The third kappa shape index (κ3) is 4.91. The topological polar surface area (TPSA) is 54.4 Å². The first kappa shape index (κ1) is 23.3. The lowest BCUT2D eigenvalue weighted by atomic mass is 9.95. The Morgan fingerprint density at radius 3 is 2.58 bits per heavy atom. The SMILES string of the molecule is COc1ccc(C2CC(c3ccc(C)c(C)c3)=NN2C(=O)CN2CCCCC2C)c(OC)c1. The van der Waals surface area contributed by atoms with Crippen LogP contribution in [0.2, 0.25) is 0 Å². The van der Waals surface area contributed by atoms with Crippen molar-refractivity contribution >= 4 is 11.6 Å². The molecule has 1 amide bonds. The number of likely N-dealkylation sites (tertiary alicyclic amines) is 1. The molecular formula is C27H35N3O3. The normalized spacial score (nSPS) is 21.1. The van der Waals surface area contributed by atoms with Crippen LogP contribution in [0.25, 0.3) is 0 Å². The third-order valence-electron chi connectivity index (χ3n) is 7.08. The van der Waals surface area contributed by atoms with Crippen LogP contribution in [0.1, 0.15) is 60.9 Å². The van der Waals surface area contributed by atoms with E-state index in [1.807, 2.05) is 18.2 Å². The molecule has 0 N–H and O–H groups in total. The monoisotopic (exact) mass is 449 g/mol. The van der Waals surface area contributed by atoms with Gasteiger partial charge in [-0.15, -0.1) is 0 Å². The van der Waals surface area contributed by atoms with Crippen LogP contribution >= 0.6 is 0 Å². The van der Waals surface area contributed by atoms with Crippen molar-refractivity contribution in [1.82, 2.24) is 9.91 Å². The molecule has 0 aliphatic carbocycles. The number of rotatable bonds is 6. The molecule has 0 spiro atoms. The highest BCUT2D eigenvalue weighted by Crippen LogP contribution is 2.39. The average Bonchev–Trinajstić information content (AvgIpc) is 3.27. The zero-order valence-electron chi connectivity index (χ0n) is 20.4. The maximum absolute atomic E-state index is 13.6. The summed E-state index contributed by atoms with van der Waals surface area (Å²) in [6.45, 7) is 7.78. The average molecular weight is 450 g/mol. The lowest BCUT2D eigenvalue weighted by Crippen LogP contribution is -2.44. The Labute approximate surface area is 197 Å². The second-order valence-electron chi connectivity index (χ2n) is 9.23. The van der Waals surface area contributed by atoms with Gasteiger partial charge in [0.25, 0.3) is 5.91 Å². The van der Waals surface area contributed by atoms with Gasteiger partial charge in [0.1, 0.15) is 11.5 Å². The van der Waals surface area contributed by atoms with Crippen LogP contribution in [0.3, 0.4) is 0 Å². The molecule has 6 nitrogen and oxygen atoms in total. The molecule has 0 radical (unpaired) electrons. The van der Waals surface area contributed by atoms with E-state index in [0.29, 0.717) is 24.8 Å². The lowest BCUT2D eigenvalue weighted by molar-refractivity contribution is -0.135. The molecule has 4 rings (SSSR count). The molecule has 2 aromatic carbocycles. The fourth-order valence-corrected chi connectivity index (χ4v) is 4.81. The smallest absolute Gasteiger partial charge is 0.257 e. The molecule has 1 saturated heterocycles. The van der Waals surface area contributed by atoms with Crippen LogP contribution in [0.15, 0.2) is 41.5 Å². The second-order valence-corrected chi connectivity index (χ2v) is 9.23. The summed E-state index contributed by atoms with van der Waals surface area (Å²) in [6.07, 6.45) is 4.16. The number of ether oxygens (including phenoxy) is 2. The predicted molar refractivity (Wildman–Crippen MR) is 131 cm³/mol. The molecular weight excluding hydrogens is 414 g/mol. The number of amides is 1. The van der Waals surface area contributed by atoms with Gasteiger partial charge in [0.05, 0.1) is 32.5 Å². The first-order valence-electron chi connectivity index (χ1n) is 11.8. The summed E-state index contributed by atoms with van der Waals surface area (Å²) >= 11 is 0. The second kappa shape index (κ2) is 9.96. The van der Waals surface area contributed by atoms with Crippen molar-refractivity contribution in [3.63, 3.8) is 0 Å². The van der Waals surface area contributed by atoms with E-state index < -0.39 is 0 Å². The highest BCUT2D eigenvalue weighted by Gasteiger charge is 2.36. The third-order valence-corrected chi connectivity index (χ3v) is 7.08. The molecule has 2 aliphatic rings. The van der Waals surface area contributed by atoms with Gasteiger partial charge < -0.3 is 9.47 Å². The van der Waals surface area contributed by atoms with Crippen LogP contribution in [0.5, 0.6) is 11.5 Å². The zero-order chi connectivity index (χ0) is 23.5. The molecule has 2 atom stereocenters. The lowest BCUT2D eigenvalue weighted by Gasteiger charge is -2.34. The van der Waals surface area contributed by atoms with Gasteiger partial charge in [0, 0.05) is 24.1 Å². The first-order chi connectivity index (χ1) is 15.9. The summed E-state index contributed by atoms with van der Waals surface area (Å²) in [5, 5.41) is 6.57. The molecule has 2 aromatic rings. The number of benzene rings is 2. The molecule has 0 saturated carbocycles. The summed E-state index contributed by atoms with van der Waals surface area (Å²) in [5.41, 5.74) is 5.41. The van der Waals surface area contributed by atoms with Gasteiger partial charge in [0.2, 0.25) is 0 Å². The zero-order valence-corrected chi connectivity index (χ0v) is 20.4. The number of aryl methyl sites for hydroxylation is 2. The molecule has 2 unspecified atom stereocenters. The van der Waals surface area contributed by atoms with Gasteiger partial charge >= 0.3 is 0 Å². The van der Waals surface area contributed by atoms with Crippen molar-refractivity contribution in [3.8, 4) is 11.5 Å². The standard InChI is InChI=1S/C27H35N3O3/c1-18-9-10-21(14-19(18)2)24-16-25(23-12-11-22(32-4)15-26(23)33-5)30(28-24)27(31)17-29-13-7-6-8-20(29)3/h9-12,14-15,20,25H,6-8,13,16-17H2,1-5H3. The van der Waals surface area contributed by atoms with E-state index in [0.717, 1.165) is 42.0 Å². The molecule has 6 heteroatoms. The van der Waals surface area contributed by atoms with Gasteiger partial charge in [-0.05, 0) is 75.0 Å². The van der Waals surface area contributed by atoms with E-state index in [9.17, 15) is 4.79 Å². The van der Waals surface area contributed by atoms with E-state index in [1.165, 1.54) is 17.5 Å². The highest BCUT2D eigenvalue weighted by molar-refractivity contribution is 6.03. The minimum Gasteiger partial charge on any atom is -0.497 e. The van der Waals surface area contributed by atoms with E-state index >= 15 is 0 Å². The molecule has 2 aliphatic heterocycles. The molecule has 1 fully saturated rings. The van der Waals surface area contributed by atoms with Crippen LogP contribution in [0, 0.1) is 13.8 Å². The fourth-order valence-electron chi connectivity index (χ4n) is 4.81. The van der Waals surface area contributed by atoms with Gasteiger partial charge in [-0.3, -0.25) is 9.69 Å². The van der Waals surface area contributed by atoms with E-state index in [-0.39, 0.29) is 11.9 Å². The summed E-state index contributed by atoms with van der Waals surface area (Å²) in [6, 6.07) is 12.4. The number of hydrazone groups is 1. The Balaban J connectivity index is 1.68. The number of methoxy groups -OCH3 is 2. The van der Waals surface area contributed by atoms with E-state index in [4.69, 9.17) is 14.6 Å². The first-order valence-corrected chi connectivity index (χ1v) is 11.8. The minimum atomic E-state index is -0.213. The van der Waals surface area contributed by atoms with Gasteiger partial charge in [-0.25, -0.2) is 5.01 Å².